The lowest BCUT2D eigenvalue weighted by atomic mass is 10.2. The molecule has 0 fully saturated rings. The fourth-order valence-electron chi connectivity index (χ4n) is 2.83. The number of hydrogen-bond donors (Lipinski definition) is 1. The first-order valence-corrected chi connectivity index (χ1v) is 11.6. The zero-order chi connectivity index (χ0) is 22.8. The van der Waals surface area contributed by atoms with Crippen LogP contribution in [0.2, 0.25) is 10.0 Å². The molecule has 164 valence electrons. The molecule has 0 saturated carbocycles. The van der Waals surface area contributed by atoms with Gasteiger partial charge in [-0.15, -0.1) is 0 Å². The van der Waals surface area contributed by atoms with Gasteiger partial charge in [0, 0.05) is 40.3 Å². The molecule has 3 rings (SSSR count). The highest BCUT2D eigenvalue weighted by Gasteiger charge is 2.24. The molecule has 1 amide bonds. The van der Waals surface area contributed by atoms with Gasteiger partial charge in [0.15, 0.2) is 0 Å². The number of anilines is 1. The zero-order valence-corrected chi connectivity index (χ0v) is 19.5. The number of carbonyl (C=O) groups excluding carboxylic acids is 1. The van der Waals surface area contributed by atoms with Crippen LogP contribution in [0.4, 0.5) is 5.82 Å². The van der Waals surface area contributed by atoms with Crippen molar-refractivity contribution < 1.29 is 13.2 Å². The molecule has 7 nitrogen and oxygen atoms in total. The molecule has 0 aliphatic heterocycles. The molecule has 0 aliphatic carbocycles. The molecule has 2 aromatic carbocycles. The van der Waals surface area contributed by atoms with Crippen molar-refractivity contribution in [3.8, 4) is 0 Å². The minimum Gasteiger partial charge on any atom is -0.307 e. The van der Waals surface area contributed by atoms with E-state index in [1.54, 1.807) is 55.1 Å². The van der Waals surface area contributed by atoms with Gasteiger partial charge in [-0.05, 0) is 44.2 Å². The van der Waals surface area contributed by atoms with Crippen molar-refractivity contribution in [3.63, 3.8) is 0 Å². The third kappa shape index (κ3) is 5.10. The first kappa shape index (κ1) is 23.3. The number of benzene rings is 2. The van der Waals surface area contributed by atoms with Gasteiger partial charge in [0.2, 0.25) is 10.0 Å². The lowest BCUT2D eigenvalue weighted by Gasteiger charge is -2.21. The molecule has 0 unspecified atom stereocenters. The summed E-state index contributed by atoms with van der Waals surface area (Å²) in [6, 6.07) is 12.5. The number of rotatable bonds is 7. The predicted octanol–water partition coefficient (Wildman–Crippen LogP) is 4.52. The van der Waals surface area contributed by atoms with Crippen molar-refractivity contribution in [1.82, 2.24) is 14.1 Å². The van der Waals surface area contributed by atoms with Gasteiger partial charge in [-0.2, -0.15) is 9.40 Å². The second-order valence-corrected chi connectivity index (χ2v) is 9.98. The summed E-state index contributed by atoms with van der Waals surface area (Å²) in [7, 11) is -2.20. The van der Waals surface area contributed by atoms with Crippen molar-refractivity contribution in [3.05, 3.63) is 75.9 Å². The number of nitrogens with zero attached hydrogens (tertiary/aromatic N) is 3. The SMILES string of the molecule is CC(C)N(C)S(=O)(=O)c1cccc(C(=O)Nc2ccnn2Cc2c(Cl)cccc2Cl)c1. The van der Waals surface area contributed by atoms with Crippen molar-refractivity contribution in [2.75, 3.05) is 12.4 Å². The first-order valence-electron chi connectivity index (χ1n) is 9.45. The van der Waals surface area contributed by atoms with Crippen LogP contribution in [0.15, 0.2) is 59.6 Å². The Morgan fingerprint density at radius 2 is 1.77 bits per heavy atom. The number of aromatic nitrogens is 2. The second kappa shape index (κ2) is 9.40. The van der Waals surface area contributed by atoms with E-state index in [2.05, 4.69) is 10.4 Å². The van der Waals surface area contributed by atoms with E-state index in [-0.39, 0.29) is 23.0 Å². The number of carbonyl (C=O) groups is 1. The molecule has 0 bridgehead atoms. The zero-order valence-electron chi connectivity index (χ0n) is 17.2. The summed E-state index contributed by atoms with van der Waals surface area (Å²) < 4.78 is 28.3. The standard InChI is InChI=1S/C21H22Cl2N4O3S/c1-14(2)26(3)31(29,30)16-7-4-6-15(12-16)21(28)25-20-10-11-24-27(20)13-17-18(22)8-5-9-19(17)23/h4-12,14H,13H2,1-3H3,(H,25,28). The summed E-state index contributed by atoms with van der Waals surface area (Å²) in [5, 5.41) is 7.97. The van der Waals surface area contributed by atoms with Crippen LogP contribution in [0, 0.1) is 0 Å². The van der Waals surface area contributed by atoms with E-state index in [0.717, 1.165) is 0 Å². The van der Waals surface area contributed by atoms with E-state index >= 15 is 0 Å². The number of nitrogens with one attached hydrogen (secondary N) is 1. The summed E-state index contributed by atoms with van der Waals surface area (Å²) in [6.45, 7) is 3.82. The quantitative estimate of drug-likeness (QED) is 0.538. The summed E-state index contributed by atoms with van der Waals surface area (Å²) in [6.07, 6.45) is 1.54. The fourth-order valence-corrected chi connectivity index (χ4v) is 4.76. The van der Waals surface area contributed by atoms with Crippen LogP contribution >= 0.6 is 23.2 Å². The third-order valence-electron chi connectivity index (χ3n) is 4.83. The second-order valence-electron chi connectivity index (χ2n) is 7.17. The van der Waals surface area contributed by atoms with E-state index in [9.17, 15) is 13.2 Å². The van der Waals surface area contributed by atoms with Crippen molar-refractivity contribution in [2.45, 2.75) is 31.3 Å². The van der Waals surface area contributed by atoms with Crippen LogP contribution in [0.3, 0.4) is 0 Å². The van der Waals surface area contributed by atoms with Crippen LogP contribution in [0.1, 0.15) is 29.8 Å². The van der Waals surface area contributed by atoms with Gasteiger partial charge in [-0.3, -0.25) is 4.79 Å². The molecule has 0 radical (unpaired) electrons. The summed E-state index contributed by atoms with van der Waals surface area (Å²) in [5.41, 5.74) is 0.886. The van der Waals surface area contributed by atoms with Crippen molar-refractivity contribution in [2.24, 2.45) is 0 Å². The molecule has 1 N–H and O–H groups in total. The third-order valence-corrected chi connectivity index (χ3v) is 7.57. The minimum atomic E-state index is -3.71. The van der Waals surface area contributed by atoms with Gasteiger partial charge in [-0.25, -0.2) is 13.1 Å². The lowest BCUT2D eigenvalue weighted by molar-refractivity contribution is 0.102. The number of hydrogen-bond acceptors (Lipinski definition) is 4. The highest BCUT2D eigenvalue weighted by Crippen LogP contribution is 2.26. The molecule has 3 aromatic rings. The average Bonchev–Trinajstić information content (AvgIpc) is 3.16. The van der Waals surface area contributed by atoms with Crippen LogP contribution < -0.4 is 5.32 Å². The number of sulfonamides is 1. The molecule has 0 spiro atoms. The summed E-state index contributed by atoms with van der Waals surface area (Å²) in [5.74, 6) is -0.0372. The van der Waals surface area contributed by atoms with Gasteiger partial charge < -0.3 is 5.32 Å². The first-order chi connectivity index (χ1) is 14.6. The minimum absolute atomic E-state index is 0.0488. The summed E-state index contributed by atoms with van der Waals surface area (Å²) >= 11 is 12.5. The molecular weight excluding hydrogens is 459 g/mol. The largest absolute Gasteiger partial charge is 0.307 e. The Balaban J connectivity index is 1.84. The van der Waals surface area contributed by atoms with Gasteiger partial charge in [0.05, 0.1) is 17.6 Å². The lowest BCUT2D eigenvalue weighted by Crippen LogP contribution is -2.33. The highest BCUT2D eigenvalue weighted by atomic mass is 35.5. The predicted molar refractivity (Wildman–Crippen MR) is 122 cm³/mol. The smallest absolute Gasteiger partial charge is 0.256 e. The molecule has 1 heterocycles. The normalized spacial score (nSPS) is 11.8. The molecule has 0 atom stereocenters. The maximum Gasteiger partial charge on any atom is 0.256 e. The molecule has 31 heavy (non-hydrogen) atoms. The van der Waals surface area contributed by atoms with Gasteiger partial charge >= 0.3 is 0 Å². The van der Waals surface area contributed by atoms with Gasteiger partial charge in [0.25, 0.3) is 5.91 Å². The Labute approximate surface area is 191 Å². The maximum absolute atomic E-state index is 12.8. The van der Waals surface area contributed by atoms with Crippen molar-refractivity contribution >= 4 is 45.0 Å². The van der Waals surface area contributed by atoms with E-state index in [0.29, 0.717) is 21.4 Å². The van der Waals surface area contributed by atoms with Crippen LogP contribution in [0.25, 0.3) is 0 Å². The Bertz CT molecular complexity index is 1190. The monoisotopic (exact) mass is 480 g/mol. The fraction of sp³-hybridized carbons (Fsp3) is 0.238. The van der Waals surface area contributed by atoms with E-state index in [1.807, 2.05) is 0 Å². The van der Waals surface area contributed by atoms with E-state index < -0.39 is 15.9 Å². The summed E-state index contributed by atoms with van der Waals surface area (Å²) in [4.78, 5) is 12.9. The van der Waals surface area contributed by atoms with Gasteiger partial charge in [-0.1, -0.05) is 35.3 Å². The average molecular weight is 481 g/mol. The number of halogens is 2. The van der Waals surface area contributed by atoms with Crippen molar-refractivity contribution in [1.29, 1.82) is 0 Å². The topological polar surface area (TPSA) is 84.3 Å². The van der Waals surface area contributed by atoms with Crippen LogP contribution in [0.5, 0.6) is 0 Å². The molecule has 0 aliphatic rings. The Morgan fingerprint density at radius 3 is 2.42 bits per heavy atom. The van der Waals surface area contributed by atoms with E-state index in [1.165, 1.54) is 29.6 Å². The Kier molecular flexibility index (Phi) is 7.06. The van der Waals surface area contributed by atoms with Crippen LogP contribution in [-0.4, -0.2) is 41.5 Å². The maximum atomic E-state index is 12.8. The molecular formula is C21H22Cl2N4O3S. The van der Waals surface area contributed by atoms with Crippen LogP contribution in [-0.2, 0) is 16.6 Å². The Hall–Kier alpha value is -2.39. The highest BCUT2D eigenvalue weighted by molar-refractivity contribution is 7.89. The molecule has 0 saturated heterocycles. The number of amides is 1. The molecule has 1 aromatic heterocycles. The van der Waals surface area contributed by atoms with E-state index in [4.69, 9.17) is 23.2 Å². The Morgan fingerprint density at radius 1 is 1.13 bits per heavy atom. The molecule has 10 heteroatoms. The van der Waals surface area contributed by atoms with Gasteiger partial charge in [0.1, 0.15) is 5.82 Å².